The average Bonchev–Trinajstić information content (AvgIpc) is 3.50. The second-order valence-corrected chi connectivity index (χ2v) is 13.0. The highest BCUT2D eigenvalue weighted by molar-refractivity contribution is 6.36. The molecule has 0 spiro atoms. The molecular weight excluding hydrogens is 633 g/mol. The zero-order valence-electron chi connectivity index (χ0n) is 26.8. The number of carboxylic acids is 1. The number of benzene rings is 3. The molecule has 1 aromatic heterocycles. The van der Waals surface area contributed by atoms with Crippen molar-refractivity contribution >= 4 is 35.1 Å². The number of ether oxygens (including phenoxy) is 1. The van der Waals surface area contributed by atoms with E-state index in [2.05, 4.69) is 22.9 Å². The molecular formula is C38H41Cl2N3O4. The van der Waals surface area contributed by atoms with Gasteiger partial charge in [-0.2, -0.15) is 0 Å². The van der Waals surface area contributed by atoms with Crippen molar-refractivity contribution in [2.75, 3.05) is 0 Å². The number of amides is 1. The predicted octanol–water partition coefficient (Wildman–Crippen LogP) is 9.33. The quantitative estimate of drug-likeness (QED) is 0.138. The van der Waals surface area contributed by atoms with Crippen LogP contribution in [0.3, 0.4) is 0 Å². The molecule has 9 heteroatoms. The van der Waals surface area contributed by atoms with Gasteiger partial charge in [-0.1, -0.05) is 73.0 Å². The van der Waals surface area contributed by atoms with Crippen LogP contribution in [0.15, 0.2) is 85.1 Å². The maximum atomic E-state index is 13.7. The Hall–Kier alpha value is -4.07. The van der Waals surface area contributed by atoms with E-state index in [0.29, 0.717) is 47.0 Å². The first kappa shape index (κ1) is 34.3. The van der Waals surface area contributed by atoms with Gasteiger partial charge in [-0.15, -0.1) is 0 Å². The smallest absolute Gasteiger partial charge is 0.335 e. The van der Waals surface area contributed by atoms with E-state index in [9.17, 15) is 9.59 Å². The molecule has 3 aromatic carbocycles. The number of carbonyl (C=O) groups excluding carboxylic acids is 1. The average molecular weight is 675 g/mol. The molecule has 1 amide bonds. The molecule has 2 N–H and O–H groups in total. The molecule has 47 heavy (non-hydrogen) atoms. The van der Waals surface area contributed by atoms with Gasteiger partial charge in [0.2, 0.25) is 5.91 Å². The first-order valence-corrected chi connectivity index (χ1v) is 17.0. The number of aromatic carboxylic acids is 1. The van der Waals surface area contributed by atoms with Crippen LogP contribution in [0.4, 0.5) is 0 Å². The fourth-order valence-corrected chi connectivity index (χ4v) is 6.60. The van der Waals surface area contributed by atoms with E-state index in [1.165, 1.54) is 0 Å². The molecule has 1 atom stereocenters. The third-order valence-electron chi connectivity index (χ3n) is 8.94. The molecule has 7 nitrogen and oxygen atoms in total. The van der Waals surface area contributed by atoms with Crippen molar-refractivity contribution in [3.8, 4) is 17.0 Å². The van der Waals surface area contributed by atoms with Crippen LogP contribution in [0, 0.1) is 11.8 Å². The number of halogens is 2. The largest absolute Gasteiger partial charge is 0.489 e. The Labute approximate surface area is 286 Å². The lowest BCUT2D eigenvalue weighted by molar-refractivity contribution is -0.127. The van der Waals surface area contributed by atoms with E-state index < -0.39 is 5.97 Å². The highest BCUT2D eigenvalue weighted by Gasteiger charge is 2.29. The molecule has 246 valence electrons. The Morgan fingerprint density at radius 2 is 1.72 bits per heavy atom. The minimum Gasteiger partial charge on any atom is -0.489 e. The monoisotopic (exact) mass is 673 g/mol. The predicted molar refractivity (Wildman–Crippen MR) is 187 cm³/mol. The molecule has 0 unspecified atom stereocenters. The number of carbonyl (C=O) groups is 2. The molecule has 1 heterocycles. The molecule has 0 bridgehead atoms. The Morgan fingerprint density at radius 3 is 2.36 bits per heavy atom. The van der Waals surface area contributed by atoms with Crippen LogP contribution in [0.1, 0.15) is 79.3 Å². The second-order valence-electron chi connectivity index (χ2n) is 12.2. The molecule has 1 aliphatic carbocycles. The summed E-state index contributed by atoms with van der Waals surface area (Å²) in [6, 6.07) is 19.5. The third kappa shape index (κ3) is 9.05. The molecule has 1 saturated carbocycles. The molecule has 1 aliphatic rings. The van der Waals surface area contributed by atoms with Crippen molar-refractivity contribution < 1.29 is 19.4 Å². The summed E-state index contributed by atoms with van der Waals surface area (Å²) in [7, 11) is 0. The number of nitrogens with one attached hydrogen (secondary N) is 1. The number of hydrogen-bond donors (Lipinski definition) is 2. The SMILES string of the molecule is C/C=C/Cn1cc(-c2ccc(Cl)cc2Cl)nc1[C@H](Cc1ccc(OCc2ccc(C(=O)O)cc2)cc1)NC(=O)[C@H]1CC[C@H](CC)CC1. The van der Waals surface area contributed by atoms with Gasteiger partial charge in [0.15, 0.2) is 0 Å². The van der Waals surface area contributed by atoms with Crippen molar-refractivity contribution in [2.45, 2.75) is 71.6 Å². The minimum atomic E-state index is -0.958. The van der Waals surface area contributed by atoms with Crippen molar-refractivity contribution in [3.05, 3.63) is 118 Å². The Balaban J connectivity index is 1.39. The van der Waals surface area contributed by atoms with Gasteiger partial charge in [0, 0.05) is 29.2 Å². The van der Waals surface area contributed by atoms with Crippen molar-refractivity contribution in [3.63, 3.8) is 0 Å². The van der Waals surface area contributed by atoms with Gasteiger partial charge in [-0.25, -0.2) is 9.78 Å². The number of hydrogen-bond acceptors (Lipinski definition) is 4. The molecule has 0 radical (unpaired) electrons. The third-order valence-corrected chi connectivity index (χ3v) is 9.49. The normalized spacial score (nSPS) is 17.0. The summed E-state index contributed by atoms with van der Waals surface area (Å²) in [5, 5.41) is 13.6. The number of allylic oxidation sites excluding steroid dienone is 2. The second kappa shape index (κ2) is 16.2. The van der Waals surface area contributed by atoms with E-state index in [1.807, 2.05) is 49.5 Å². The van der Waals surface area contributed by atoms with Gasteiger partial charge >= 0.3 is 5.97 Å². The van der Waals surface area contributed by atoms with Crippen molar-refractivity contribution in [1.29, 1.82) is 0 Å². The number of aromatic nitrogens is 2. The number of nitrogens with zero attached hydrogens (tertiary/aromatic N) is 2. The summed E-state index contributed by atoms with van der Waals surface area (Å²) in [5.74, 6) is 1.25. The van der Waals surface area contributed by atoms with Crippen LogP contribution < -0.4 is 10.1 Å². The van der Waals surface area contributed by atoms with Crippen LogP contribution in [0.5, 0.6) is 5.75 Å². The standard InChI is InChI=1S/C38H41Cl2N3O4/c1-3-5-20-43-23-35(32-19-16-30(39)22-33(32)40)41-36(43)34(42-37(44)28-12-6-25(4-2)7-13-28)21-26-10-17-31(18-11-26)47-24-27-8-14-29(15-9-27)38(45)46/h3,5,8-11,14-19,22-23,25,28,34H,4,6-7,12-13,20-21,24H2,1-2H3,(H,42,44)(H,45,46)/b5-3+/t25-,28-,34-/m0/s1. The maximum Gasteiger partial charge on any atom is 0.335 e. The number of imidazole rings is 1. The summed E-state index contributed by atoms with van der Waals surface area (Å²) in [4.78, 5) is 29.9. The van der Waals surface area contributed by atoms with Gasteiger partial charge in [0.05, 0.1) is 22.3 Å². The topological polar surface area (TPSA) is 93.5 Å². The van der Waals surface area contributed by atoms with Gasteiger partial charge in [-0.3, -0.25) is 4.79 Å². The van der Waals surface area contributed by atoms with E-state index in [0.717, 1.165) is 54.6 Å². The lowest BCUT2D eigenvalue weighted by Crippen LogP contribution is -2.37. The minimum absolute atomic E-state index is 0.00947. The fourth-order valence-electron chi connectivity index (χ4n) is 6.10. The Kier molecular flexibility index (Phi) is 11.8. The van der Waals surface area contributed by atoms with Crippen molar-refractivity contribution in [2.24, 2.45) is 11.8 Å². The van der Waals surface area contributed by atoms with E-state index in [4.69, 9.17) is 38.0 Å². The van der Waals surface area contributed by atoms with E-state index >= 15 is 0 Å². The maximum absolute atomic E-state index is 13.7. The van der Waals surface area contributed by atoms with Crippen LogP contribution in [0.2, 0.25) is 10.0 Å². The highest BCUT2D eigenvalue weighted by Crippen LogP contribution is 2.34. The highest BCUT2D eigenvalue weighted by atomic mass is 35.5. The summed E-state index contributed by atoms with van der Waals surface area (Å²) in [5.41, 5.74) is 3.63. The summed E-state index contributed by atoms with van der Waals surface area (Å²) in [6.45, 7) is 5.12. The Morgan fingerprint density at radius 1 is 1.02 bits per heavy atom. The van der Waals surface area contributed by atoms with Crippen LogP contribution in [-0.4, -0.2) is 26.5 Å². The summed E-state index contributed by atoms with van der Waals surface area (Å²) >= 11 is 12.8. The van der Waals surface area contributed by atoms with Gasteiger partial charge in [-0.05, 0) is 98.5 Å². The zero-order valence-corrected chi connectivity index (χ0v) is 28.3. The molecule has 5 rings (SSSR count). The zero-order chi connectivity index (χ0) is 33.3. The Bertz CT molecular complexity index is 1690. The van der Waals surface area contributed by atoms with Gasteiger partial charge < -0.3 is 19.7 Å². The summed E-state index contributed by atoms with van der Waals surface area (Å²) < 4.78 is 8.05. The molecule has 4 aromatic rings. The molecule has 0 saturated heterocycles. The van der Waals surface area contributed by atoms with E-state index in [-0.39, 0.29) is 23.4 Å². The first-order chi connectivity index (χ1) is 22.7. The van der Waals surface area contributed by atoms with Gasteiger partial charge in [0.1, 0.15) is 18.2 Å². The molecule has 1 fully saturated rings. The summed E-state index contributed by atoms with van der Waals surface area (Å²) in [6.07, 6.45) is 11.7. The van der Waals surface area contributed by atoms with Crippen LogP contribution >= 0.6 is 23.2 Å². The first-order valence-electron chi connectivity index (χ1n) is 16.2. The lowest BCUT2D eigenvalue weighted by atomic mass is 9.80. The van der Waals surface area contributed by atoms with Crippen LogP contribution in [-0.2, 0) is 24.4 Å². The van der Waals surface area contributed by atoms with Gasteiger partial charge in [0.25, 0.3) is 0 Å². The van der Waals surface area contributed by atoms with Crippen molar-refractivity contribution in [1.82, 2.24) is 14.9 Å². The molecule has 0 aliphatic heterocycles. The lowest BCUT2D eigenvalue weighted by Gasteiger charge is -2.29. The fraction of sp³-hybridized carbons (Fsp3) is 0.342. The number of rotatable bonds is 13. The van der Waals surface area contributed by atoms with Crippen LogP contribution in [0.25, 0.3) is 11.3 Å². The van der Waals surface area contributed by atoms with E-state index in [1.54, 1.807) is 36.4 Å². The number of carboxylic acid groups (broad SMARTS) is 1.